The van der Waals surface area contributed by atoms with Crippen LogP contribution in [-0.2, 0) is 35.1 Å². The van der Waals surface area contributed by atoms with Crippen molar-refractivity contribution in [2.75, 3.05) is 0 Å². The second kappa shape index (κ2) is 11.7. The van der Waals surface area contributed by atoms with E-state index in [-0.39, 0.29) is 29.2 Å². The molecule has 212 valence electrons. The van der Waals surface area contributed by atoms with Crippen molar-refractivity contribution < 1.29 is 47.7 Å². The third-order valence-electron chi connectivity index (χ3n) is 6.30. The molecule has 40 heavy (non-hydrogen) atoms. The molecule has 3 aromatic carbocycles. The van der Waals surface area contributed by atoms with Crippen molar-refractivity contribution in [3.63, 3.8) is 0 Å². The van der Waals surface area contributed by atoms with E-state index in [1.54, 1.807) is 19.9 Å². The summed E-state index contributed by atoms with van der Waals surface area (Å²) < 4.78 is 27.9. The monoisotopic (exact) mass is 552 g/mol. The molecule has 0 unspecified atom stereocenters. The lowest BCUT2D eigenvalue weighted by Crippen LogP contribution is -2.19. The minimum Gasteiger partial charge on any atom is -0.463 e. The van der Waals surface area contributed by atoms with E-state index in [2.05, 4.69) is 0 Å². The number of hydrogen-bond donors (Lipinski definition) is 0. The number of esters is 5. The molecule has 0 aliphatic heterocycles. The highest BCUT2D eigenvalue weighted by Gasteiger charge is 2.30. The van der Waals surface area contributed by atoms with Crippen LogP contribution in [0.3, 0.4) is 0 Å². The lowest BCUT2D eigenvalue weighted by Gasteiger charge is -2.24. The normalized spacial score (nSPS) is 11.6. The molecule has 0 radical (unpaired) electrons. The van der Waals surface area contributed by atoms with E-state index in [0.717, 1.165) is 16.5 Å². The predicted molar refractivity (Wildman–Crippen MR) is 146 cm³/mol. The van der Waals surface area contributed by atoms with Gasteiger partial charge in [-0.25, -0.2) is 0 Å². The van der Waals surface area contributed by atoms with Crippen molar-refractivity contribution in [2.45, 2.75) is 74.8 Å². The number of fused-ring (bicyclic) bond motifs is 3. The number of benzene rings is 3. The molecule has 10 nitrogen and oxygen atoms in total. The Morgan fingerprint density at radius 3 is 1.57 bits per heavy atom. The summed E-state index contributed by atoms with van der Waals surface area (Å²) in [4.78, 5) is 60.7. The molecule has 0 heterocycles. The summed E-state index contributed by atoms with van der Waals surface area (Å²) in [7, 11) is 0. The lowest BCUT2D eigenvalue weighted by atomic mass is 9.89. The van der Waals surface area contributed by atoms with Gasteiger partial charge in [-0.2, -0.15) is 0 Å². The highest BCUT2D eigenvalue weighted by Crippen LogP contribution is 2.51. The van der Waals surface area contributed by atoms with E-state index >= 15 is 0 Å². The van der Waals surface area contributed by atoms with Gasteiger partial charge >= 0.3 is 29.8 Å². The second-order valence-corrected chi connectivity index (χ2v) is 9.58. The predicted octanol–water partition coefficient (Wildman–Crippen LogP) is 5.11. The number of rotatable bonds is 7. The van der Waals surface area contributed by atoms with E-state index in [0.29, 0.717) is 27.5 Å². The van der Waals surface area contributed by atoms with Gasteiger partial charge in [-0.1, -0.05) is 6.07 Å². The second-order valence-electron chi connectivity index (χ2n) is 9.58. The third kappa shape index (κ3) is 6.06. The molecular weight excluding hydrogens is 520 g/mol. The van der Waals surface area contributed by atoms with Gasteiger partial charge in [-0.05, 0) is 50.3 Å². The highest BCUT2D eigenvalue weighted by molar-refractivity contribution is 6.18. The van der Waals surface area contributed by atoms with Crippen LogP contribution in [0.2, 0.25) is 0 Å². The molecular formula is C30H32O10. The maximum Gasteiger partial charge on any atom is 0.308 e. The van der Waals surface area contributed by atoms with Gasteiger partial charge < -0.3 is 23.7 Å². The largest absolute Gasteiger partial charge is 0.463 e. The molecule has 0 saturated heterocycles. The molecule has 3 rings (SSSR count). The van der Waals surface area contributed by atoms with E-state index < -0.39 is 36.0 Å². The van der Waals surface area contributed by atoms with Crippen molar-refractivity contribution in [3.05, 3.63) is 34.4 Å². The molecule has 1 atom stereocenters. The summed E-state index contributed by atoms with van der Waals surface area (Å²) >= 11 is 0. The van der Waals surface area contributed by atoms with Crippen LogP contribution in [-0.4, -0.2) is 36.0 Å². The number of hydrogen-bond acceptors (Lipinski definition) is 10. The molecule has 0 N–H and O–H groups in total. The van der Waals surface area contributed by atoms with Crippen LogP contribution in [0.5, 0.6) is 23.0 Å². The molecule has 0 spiro atoms. The summed E-state index contributed by atoms with van der Waals surface area (Å²) in [5, 5.41) is 1.95. The zero-order chi connectivity index (χ0) is 30.0. The standard InChI is InChI=1S/C30H32O10/c1-13(36-17(5)31)12-24-28(38-19(7)33)23-11-10-22-14(2)15(3)27(37-18(6)32)16(4)25(22)26(23)30(40-21(9)35)29(24)39-20(8)34/h10-11,13H,12H2,1-9H3/t13-/m1/s1. The topological polar surface area (TPSA) is 132 Å². The number of ether oxygens (including phenoxy) is 5. The van der Waals surface area contributed by atoms with Crippen molar-refractivity contribution in [1.82, 2.24) is 0 Å². The van der Waals surface area contributed by atoms with E-state index in [4.69, 9.17) is 23.7 Å². The van der Waals surface area contributed by atoms with Gasteiger partial charge in [0.15, 0.2) is 11.5 Å². The van der Waals surface area contributed by atoms with Gasteiger partial charge in [-0.3, -0.25) is 24.0 Å². The number of carbonyl (C=O) groups is 5. The summed E-state index contributed by atoms with van der Waals surface area (Å²) in [5.41, 5.74) is 2.27. The zero-order valence-corrected chi connectivity index (χ0v) is 24.0. The molecule has 0 aromatic heterocycles. The minimum atomic E-state index is -0.730. The van der Waals surface area contributed by atoms with Crippen LogP contribution in [0.4, 0.5) is 0 Å². The maximum atomic E-state index is 12.4. The Balaban J connectivity index is 2.68. The van der Waals surface area contributed by atoms with Gasteiger partial charge in [0.1, 0.15) is 17.6 Å². The van der Waals surface area contributed by atoms with Gasteiger partial charge in [0.05, 0.1) is 0 Å². The molecule has 10 heteroatoms. The molecule has 0 bridgehead atoms. The Morgan fingerprint density at radius 2 is 1.05 bits per heavy atom. The third-order valence-corrected chi connectivity index (χ3v) is 6.30. The van der Waals surface area contributed by atoms with Crippen molar-refractivity contribution in [1.29, 1.82) is 0 Å². The Morgan fingerprint density at radius 1 is 0.575 bits per heavy atom. The molecule has 0 fully saturated rings. The molecule has 3 aromatic rings. The summed E-state index contributed by atoms with van der Waals surface area (Å²) in [5.74, 6) is -3.03. The van der Waals surface area contributed by atoms with E-state index in [9.17, 15) is 24.0 Å². The number of carbonyl (C=O) groups excluding carboxylic acids is 5. The smallest absolute Gasteiger partial charge is 0.308 e. The quantitative estimate of drug-likeness (QED) is 0.221. The fraction of sp³-hybridized carbons (Fsp3) is 0.367. The Kier molecular flexibility index (Phi) is 8.82. The zero-order valence-electron chi connectivity index (χ0n) is 24.0. The Hall–Kier alpha value is -4.47. The van der Waals surface area contributed by atoms with Gasteiger partial charge in [0, 0.05) is 68.3 Å². The van der Waals surface area contributed by atoms with Crippen LogP contribution in [0, 0.1) is 20.8 Å². The first-order valence-corrected chi connectivity index (χ1v) is 12.6. The molecule has 0 aliphatic rings. The van der Waals surface area contributed by atoms with Gasteiger partial charge in [0.2, 0.25) is 0 Å². The summed E-state index contributed by atoms with van der Waals surface area (Å²) in [6.45, 7) is 13.2. The van der Waals surface area contributed by atoms with Crippen LogP contribution >= 0.6 is 0 Å². The fourth-order valence-corrected chi connectivity index (χ4v) is 4.86. The first kappa shape index (κ1) is 30.1. The van der Waals surface area contributed by atoms with Crippen molar-refractivity contribution >= 4 is 51.4 Å². The average molecular weight is 553 g/mol. The van der Waals surface area contributed by atoms with Crippen molar-refractivity contribution in [2.24, 2.45) is 0 Å². The van der Waals surface area contributed by atoms with Crippen molar-refractivity contribution in [3.8, 4) is 23.0 Å². The van der Waals surface area contributed by atoms with Gasteiger partial charge in [-0.15, -0.1) is 0 Å². The SMILES string of the molecule is CC(=O)Oc1c(C)c(C)c2ccc3c(OC(C)=O)c(C[C@@H](C)OC(C)=O)c(OC(C)=O)c(OC(C)=O)c3c2c1C. The highest BCUT2D eigenvalue weighted by atomic mass is 16.6. The van der Waals surface area contributed by atoms with Crippen LogP contribution < -0.4 is 18.9 Å². The van der Waals surface area contributed by atoms with Crippen LogP contribution in [0.1, 0.15) is 63.8 Å². The van der Waals surface area contributed by atoms with E-state index in [1.807, 2.05) is 19.9 Å². The van der Waals surface area contributed by atoms with Gasteiger partial charge in [0.25, 0.3) is 0 Å². The fourth-order valence-electron chi connectivity index (χ4n) is 4.86. The first-order valence-electron chi connectivity index (χ1n) is 12.6. The Labute approximate surface area is 231 Å². The first-order chi connectivity index (χ1) is 18.6. The summed E-state index contributed by atoms with van der Waals surface area (Å²) in [6.07, 6.45) is -0.774. The average Bonchev–Trinajstić information content (AvgIpc) is 2.82. The molecule has 0 saturated carbocycles. The van der Waals surface area contributed by atoms with E-state index in [1.165, 1.54) is 34.6 Å². The number of aryl methyl sites for hydroxylation is 2. The summed E-state index contributed by atoms with van der Waals surface area (Å²) in [6, 6.07) is 3.53. The molecule has 0 aliphatic carbocycles. The van der Waals surface area contributed by atoms with Crippen LogP contribution in [0.15, 0.2) is 12.1 Å². The Bertz CT molecular complexity index is 1580. The van der Waals surface area contributed by atoms with Crippen LogP contribution in [0.25, 0.3) is 21.5 Å². The lowest BCUT2D eigenvalue weighted by molar-refractivity contribution is -0.145. The minimum absolute atomic E-state index is 0.0437. The maximum absolute atomic E-state index is 12.4. The molecule has 0 amide bonds.